The highest BCUT2D eigenvalue weighted by atomic mass is 16.5. The SMILES string of the molecule is C[C@H](OC(=O)c1ccc2c(=O)n3c(nc2c1)CCCCC3)C(=O)NCC1CCCCC1. The monoisotopic (exact) mass is 425 g/mol. The Labute approximate surface area is 182 Å². The Balaban J connectivity index is 1.43. The molecule has 0 spiro atoms. The first-order valence-corrected chi connectivity index (χ1v) is 11.5. The van der Waals surface area contributed by atoms with Crippen LogP contribution in [0.5, 0.6) is 0 Å². The molecule has 1 fully saturated rings. The van der Waals surface area contributed by atoms with Gasteiger partial charge in [-0.1, -0.05) is 25.7 Å². The minimum Gasteiger partial charge on any atom is -0.449 e. The molecule has 7 heteroatoms. The zero-order chi connectivity index (χ0) is 21.8. The molecule has 0 bridgehead atoms. The van der Waals surface area contributed by atoms with Gasteiger partial charge in [-0.15, -0.1) is 0 Å². The van der Waals surface area contributed by atoms with Gasteiger partial charge in [-0.05, 0) is 56.7 Å². The Morgan fingerprint density at radius 3 is 2.74 bits per heavy atom. The summed E-state index contributed by atoms with van der Waals surface area (Å²) in [7, 11) is 0. The summed E-state index contributed by atoms with van der Waals surface area (Å²) in [6, 6.07) is 4.80. The third-order valence-corrected chi connectivity index (χ3v) is 6.49. The molecule has 4 rings (SSSR count). The summed E-state index contributed by atoms with van der Waals surface area (Å²) in [6.07, 6.45) is 8.94. The number of fused-ring (bicyclic) bond motifs is 2. The third kappa shape index (κ3) is 4.97. The first kappa shape index (κ1) is 21.5. The highest BCUT2D eigenvalue weighted by Gasteiger charge is 2.22. The summed E-state index contributed by atoms with van der Waals surface area (Å²) in [5.74, 6) is 0.429. The second-order valence-electron chi connectivity index (χ2n) is 8.82. The minimum absolute atomic E-state index is 0.0581. The van der Waals surface area contributed by atoms with Crippen molar-refractivity contribution in [2.24, 2.45) is 5.92 Å². The van der Waals surface area contributed by atoms with Gasteiger partial charge >= 0.3 is 5.97 Å². The van der Waals surface area contributed by atoms with Crippen molar-refractivity contribution in [3.63, 3.8) is 0 Å². The lowest BCUT2D eigenvalue weighted by atomic mass is 9.89. The number of hydrogen-bond donors (Lipinski definition) is 1. The molecule has 1 N–H and O–H groups in total. The molecule has 0 radical (unpaired) electrons. The van der Waals surface area contributed by atoms with Crippen LogP contribution in [0.15, 0.2) is 23.0 Å². The number of nitrogens with one attached hydrogen (secondary N) is 1. The molecule has 1 atom stereocenters. The van der Waals surface area contributed by atoms with Crippen LogP contribution in [0.1, 0.15) is 74.5 Å². The summed E-state index contributed by atoms with van der Waals surface area (Å²) >= 11 is 0. The van der Waals surface area contributed by atoms with Gasteiger partial charge in [-0.3, -0.25) is 14.2 Å². The molecule has 31 heavy (non-hydrogen) atoms. The lowest BCUT2D eigenvalue weighted by Crippen LogP contribution is -2.38. The van der Waals surface area contributed by atoms with E-state index in [9.17, 15) is 14.4 Å². The quantitative estimate of drug-likeness (QED) is 0.742. The number of esters is 1. The van der Waals surface area contributed by atoms with E-state index in [1.165, 1.54) is 19.3 Å². The number of hydrogen-bond acceptors (Lipinski definition) is 5. The maximum Gasteiger partial charge on any atom is 0.338 e. The van der Waals surface area contributed by atoms with Gasteiger partial charge in [0, 0.05) is 19.5 Å². The third-order valence-electron chi connectivity index (χ3n) is 6.49. The fraction of sp³-hybridized carbons (Fsp3) is 0.583. The van der Waals surface area contributed by atoms with Gasteiger partial charge in [0.05, 0.1) is 16.5 Å². The van der Waals surface area contributed by atoms with E-state index in [1.54, 1.807) is 29.7 Å². The maximum absolute atomic E-state index is 12.8. The number of carbonyl (C=O) groups excluding carboxylic acids is 2. The molecule has 1 aromatic heterocycles. The Morgan fingerprint density at radius 1 is 1.16 bits per heavy atom. The van der Waals surface area contributed by atoms with Crippen LogP contribution in [0.2, 0.25) is 0 Å². The van der Waals surface area contributed by atoms with E-state index < -0.39 is 12.1 Å². The minimum atomic E-state index is -0.877. The van der Waals surface area contributed by atoms with E-state index in [0.717, 1.165) is 44.3 Å². The zero-order valence-corrected chi connectivity index (χ0v) is 18.2. The molecule has 1 aromatic carbocycles. The van der Waals surface area contributed by atoms with E-state index >= 15 is 0 Å². The molecular formula is C24H31N3O4. The van der Waals surface area contributed by atoms with E-state index in [0.29, 0.717) is 35.5 Å². The van der Waals surface area contributed by atoms with Gasteiger partial charge in [-0.25, -0.2) is 9.78 Å². The summed E-state index contributed by atoms with van der Waals surface area (Å²) in [6.45, 7) is 2.91. The number of carbonyl (C=O) groups is 2. The Hall–Kier alpha value is -2.70. The molecule has 2 aliphatic rings. The van der Waals surface area contributed by atoms with Gasteiger partial charge in [0.2, 0.25) is 0 Å². The predicted octanol–water partition coefficient (Wildman–Crippen LogP) is 3.36. The molecule has 0 saturated heterocycles. The molecule has 166 valence electrons. The van der Waals surface area contributed by atoms with E-state index in [2.05, 4.69) is 10.3 Å². The average molecular weight is 426 g/mol. The lowest BCUT2D eigenvalue weighted by molar-refractivity contribution is -0.129. The van der Waals surface area contributed by atoms with E-state index in [1.807, 2.05) is 0 Å². The normalized spacial score (nSPS) is 18.1. The molecule has 1 aliphatic carbocycles. The van der Waals surface area contributed by atoms with Crippen molar-refractivity contribution in [1.29, 1.82) is 0 Å². The van der Waals surface area contributed by atoms with Gasteiger partial charge in [0.25, 0.3) is 11.5 Å². The number of benzene rings is 1. The van der Waals surface area contributed by atoms with Crippen molar-refractivity contribution in [2.75, 3.05) is 6.54 Å². The second-order valence-corrected chi connectivity index (χ2v) is 8.82. The molecule has 2 heterocycles. The second kappa shape index (κ2) is 9.62. The Morgan fingerprint density at radius 2 is 1.94 bits per heavy atom. The number of aromatic nitrogens is 2. The highest BCUT2D eigenvalue weighted by Crippen LogP contribution is 2.23. The van der Waals surface area contributed by atoms with Crippen LogP contribution in [-0.2, 0) is 22.5 Å². The standard InChI is InChI=1S/C24H31N3O4/c1-16(22(28)25-15-17-8-4-2-5-9-17)31-24(30)18-11-12-19-20(14-18)26-21-10-6-3-7-13-27(21)23(19)29/h11-12,14,16-17H,2-10,13,15H2,1H3,(H,25,28)/t16-/m0/s1. The molecule has 2 aromatic rings. The Bertz CT molecular complexity index is 1020. The number of ether oxygens (including phenoxy) is 1. The van der Waals surface area contributed by atoms with Gasteiger partial charge in [-0.2, -0.15) is 0 Å². The summed E-state index contributed by atoms with van der Waals surface area (Å²) < 4.78 is 7.14. The van der Waals surface area contributed by atoms with Crippen LogP contribution in [-0.4, -0.2) is 34.1 Å². The van der Waals surface area contributed by atoms with E-state index in [-0.39, 0.29) is 11.5 Å². The fourth-order valence-electron chi connectivity index (χ4n) is 4.61. The summed E-state index contributed by atoms with van der Waals surface area (Å²) in [4.78, 5) is 42.5. The number of nitrogens with zero attached hydrogens (tertiary/aromatic N) is 2. The van der Waals surface area contributed by atoms with Crippen molar-refractivity contribution in [2.45, 2.75) is 77.4 Å². The van der Waals surface area contributed by atoms with Crippen LogP contribution < -0.4 is 10.9 Å². The number of amides is 1. The molecule has 7 nitrogen and oxygen atoms in total. The van der Waals surface area contributed by atoms with Crippen molar-refractivity contribution in [3.05, 3.63) is 39.9 Å². The van der Waals surface area contributed by atoms with E-state index in [4.69, 9.17) is 4.74 Å². The topological polar surface area (TPSA) is 90.3 Å². The molecule has 1 saturated carbocycles. The van der Waals surface area contributed by atoms with Crippen molar-refractivity contribution >= 4 is 22.8 Å². The number of rotatable bonds is 5. The summed E-state index contributed by atoms with van der Waals surface area (Å²) in [5.41, 5.74) is 0.740. The van der Waals surface area contributed by atoms with Crippen LogP contribution in [0.4, 0.5) is 0 Å². The first-order valence-electron chi connectivity index (χ1n) is 11.5. The van der Waals surface area contributed by atoms with Crippen molar-refractivity contribution < 1.29 is 14.3 Å². The number of aryl methyl sites for hydroxylation is 1. The average Bonchev–Trinajstić information content (AvgIpc) is 3.03. The largest absolute Gasteiger partial charge is 0.449 e. The molecule has 1 amide bonds. The maximum atomic E-state index is 12.8. The van der Waals surface area contributed by atoms with Crippen molar-refractivity contribution in [3.8, 4) is 0 Å². The van der Waals surface area contributed by atoms with Crippen LogP contribution in [0, 0.1) is 5.92 Å². The predicted molar refractivity (Wildman–Crippen MR) is 118 cm³/mol. The van der Waals surface area contributed by atoms with Gasteiger partial charge < -0.3 is 10.1 Å². The Kier molecular flexibility index (Phi) is 6.68. The van der Waals surface area contributed by atoms with Crippen LogP contribution in [0.3, 0.4) is 0 Å². The molecule has 1 aliphatic heterocycles. The zero-order valence-electron chi connectivity index (χ0n) is 18.2. The fourth-order valence-corrected chi connectivity index (χ4v) is 4.61. The van der Waals surface area contributed by atoms with Crippen LogP contribution in [0.25, 0.3) is 10.9 Å². The lowest BCUT2D eigenvalue weighted by Gasteiger charge is -2.22. The highest BCUT2D eigenvalue weighted by molar-refractivity contribution is 5.95. The van der Waals surface area contributed by atoms with Crippen LogP contribution >= 0.6 is 0 Å². The van der Waals surface area contributed by atoms with Gasteiger partial charge in [0.1, 0.15) is 5.82 Å². The van der Waals surface area contributed by atoms with Crippen molar-refractivity contribution in [1.82, 2.24) is 14.9 Å². The summed E-state index contributed by atoms with van der Waals surface area (Å²) in [5, 5.41) is 3.41. The molecular weight excluding hydrogens is 394 g/mol. The molecule has 0 unspecified atom stereocenters. The smallest absolute Gasteiger partial charge is 0.338 e. The first-order chi connectivity index (χ1) is 15.0. The van der Waals surface area contributed by atoms with Gasteiger partial charge in [0.15, 0.2) is 6.10 Å².